The van der Waals surface area contributed by atoms with E-state index in [4.69, 9.17) is 10.5 Å². The Hall–Kier alpha value is -1.80. The lowest BCUT2D eigenvalue weighted by atomic mass is 10.1. The number of rotatable bonds is 5. The van der Waals surface area contributed by atoms with Crippen LogP contribution in [0.3, 0.4) is 0 Å². The van der Waals surface area contributed by atoms with Crippen LogP contribution in [0.25, 0.3) is 0 Å². The molecular weight excluding hydrogens is 234 g/mol. The van der Waals surface area contributed by atoms with Gasteiger partial charge in [-0.3, -0.25) is 0 Å². The second-order valence-electron chi connectivity index (χ2n) is 4.88. The van der Waals surface area contributed by atoms with Crippen LogP contribution in [0.15, 0.2) is 42.5 Å². The quantitative estimate of drug-likeness (QED) is 0.889. The fourth-order valence-corrected chi connectivity index (χ4v) is 2.23. The summed E-state index contributed by atoms with van der Waals surface area (Å²) in [5, 5.41) is 0. The summed E-state index contributed by atoms with van der Waals surface area (Å²) in [6, 6.07) is 14.6. The van der Waals surface area contributed by atoms with Gasteiger partial charge in [-0.2, -0.15) is 0 Å². The fourth-order valence-electron chi connectivity index (χ4n) is 2.23. The molecule has 2 heteroatoms. The van der Waals surface area contributed by atoms with Crippen molar-refractivity contribution in [2.24, 2.45) is 5.73 Å². The summed E-state index contributed by atoms with van der Waals surface area (Å²) in [6.07, 6.45) is 0.852. The van der Waals surface area contributed by atoms with Crippen molar-refractivity contribution >= 4 is 0 Å². The summed E-state index contributed by atoms with van der Waals surface area (Å²) in [4.78, 5) is 0. The van der Waals surface area contributed by atoms with E-state index in [1.54, 1.807) is 0 Å². The summed E-state index contributed by atoms with van der Waals surface area (Å²) in [5.41, 5.74) is 10.5. The maximum absolute atomic E-state index is 6.01. The van der Waals surface area contributed by atoms with Crippen molar-refractivity contribution in [2.45, 2.75) is 26.9 Å². The first-order valence-electron chi connectivity index (χ1n) is 6.67. The third-order valence-electron chi connectivity index (χ3n) is 3.17. The molecular formula is C17H21NO. The van der Waals surface area contributed by atoms with Gasteiger partial charge in [0.25, 0.3) is 0 Å². The highest BCUT2D eigenvalue weighted by Gasteiger charge is 2.06. The zero-order valence-electron chi connectivity index (χ0n) is 11.6. The Morgan fingerprint density at radius 1 is 1.05 bits per heavy atom. The topological polar surface area (TPSA) is 35.2 Å². The average Bonchev–Trinajstić information content (AvgIpc) is 2.38. The van der Waals surface area contributed by atoms with E-state index in [0.29, 0.717) is 13.2 Å². The first-order valence-corrected chi connectivity index (χ1v) is 6.67. The number of hydrogen-bond donors (Lipinski definition) is 1. The fraction of sp³-hybridized carbons (Fsp3) is 0.294. The minimum atomic E-state index is 0.601. The van der Waals surface area contributed by atoms with Gasteiger partial charge in [-0.1, -0.05) is 48.0 Å². The maximum atomic E-state index is 6.01. The van der Waals surface area contributed by atoms with E-state index in [2.05, 4.69) is 56.3 Å². The van der Waals surface area contributed by atoms with E-state index in [-0.39, 0.29) is 0 Å². The Morgan fingerprint density at radius 2 is 1.84 bits per heavy atom. The Labute approximate surface area is 115 Å². The third-order valence-corrected chi connectivity index (χ3v) is 3.17. The second kappa shape index (κ2) is 6.39. The highest BCUT2D eigenvalue weighted by atomic mass is 16.5. The van der Waals surface area contributed by atoms with Crippen LogP contribution in [0.5, 0.6) is 5.75 Å². The molecule has 0 unspecified atom stereocenters. The number of nitrogens with two attached hydrogens (primary N) is 1. The van der Waals surface area contributed by atoms with E-state index in [0.717, 1.165) is 12.2 Å². The molecule has 2 aromatic carbocycles. The minimum Gasteiger partial charge on any atom is -0.488 e. The molecule has 0 spiro atoms. The number of hydrogen-bond acceptors (Lipinski definition) is 2. The van der Waals surface area contributed by atoms with Crippen molar-refractivity contribution in [3.05, 3.63) is 64.7 Å². The maximum Gasteiger partial charge on any atom is 0.125 e. The summed E-state index contributed by atoms with van der Waals surface area (Å²) in [5.74, 6) is 0.981. The van der Waals surface area contributed by atoms with Crippen LogP contribution in [0.1, 0.15) is 22.3 Å². The lowest BCUT2D eigenvalue weighted by Crippen LogP contribution is -2.06. The molecule has 0 fully saturated rings. The van der Waals surface area contributed by atoms with Gasteiger partial charge in [-0.05, 0) is 43.5 Å². The van der Waals surface area contributed by atoms with Gasteiger partial charge in [-0.15, -0.1) is 0 Å². The van der Waals surface area contributed by atoms with Crippen molar-refractivity contribution in [3.63, 3.8) is 0 Å². The molecule has 100 valence electrons. The molecule has 2 nitrogen and oxygen atoms in total. The Bertz CT molecular complexity index is 549. The van der Waals surface area contributed by atoms with Crippen LogP contribution < -0.4 is 10.5 Å². The van der Waals surface area contributed by atoms with Crippen LogP contribution in [-0.4, -0.2) is 6.54 Å². The molecule has 0 saturated carbocycles. The van der Waals surface area contributed by atoms with Crippen molar-refractivity contribution in [2.75, 3.05) is 6.54 Å². The largest absolute Gasteiger partial charge is 0.488 e. The molecule has 0 radical (unpaired) electrons. The lowest BCUT2D eigenvalue weighted by Gasteiger charge is -2.14. The molecule has 0 saturated heterocycles. The Kier molecular flexibility index (Phi) is 4.58. The van der Waals surface area contributed by atoms with Crippen LogP contribution in [0, 0.1) is 13.8 Å². The molecule has 0 heterocycles. The predicted molar refractivity (Wildman–Crippen MR) is 79.4 cm³/mol. The molecule has 2 rings (SSSR count). The van der Waals surface area contributed by atoms with Gasteiger partial charge in [0.05, 0.1) is 0 Å². The standard InChI is InChI=1S/C17H21NO/c1-13-5-3-7-15(11-13)12-19-17-14(2)6-4-8-16(17)9-10-18/h3-8,11H,9-10,12,18H2,1-2H3. The van der Waals surface area contributed by atoms with Crippen molar-refractivity contribution < 1.29 is 4.74 Å². The summed E-state index contributed by atoms with van der Waals surface area (Å²) < 4.78 is 6.01. The van der Waals surface area contributed by atoms with Gasteiger partial charge < -0.3 is 10.5 Å². The molecule has 0 aliphatic rings. The van der Waals surface area contributed by atoms with E-state index >= 15 is 0 Å². The first-order chi connectivity index (χ1) is 9.20. The average molecular weight is 255 g/mol. The van der Waals surface area contributed by atoms with Gasteiger partial charge in [0, 0.05) is 0 Å². The molecule has 0 aromatic heterocycles. The summed E-state index contributed by atoms with van der Waals surface area (Å²) in [6.45, 7) is 5.41. The van der Waals surface area contributed by atoms with Gasteiger partial charge in [0.1, 0.15) is 12.4 Å². The van der Waals surface area contributed by atoms with Crippen molar-refractivity contribution in [1.29, 1.82) is 0 Å². The van der Waals surface area contributed by atoms with E-state index in [1.807, 2.05) is 0 Å². The van der Waals surface area contributed by atoms with Crippen molar-refractivity contribution in [1.82, 2.24) is 0 Å². The Morgan fingerprint density at radius 3 is 2.58 bits per heavy atom. The Balaban J connectivity index is 2.14. The molecule has 0 aliphatic heterocycles. The zero-order chi connectivity index (χ0) is 13.7. The molecule has 19 heavy (non-hydrogen) atoms. The van der Waals surface area contributed by atoms with Crippen LogP contribution in [0.2, 0.25) is 0 Å². The molecule has 2 N–H and O–H groups in total. The number of benzene rings is 2. The smallest absolute Gasteiger partial charge is 0.125 e. The second-order valence-corrected chi connectivity index (χ2v) is 4.88. The molecule has 2 aromatic rings. The monoisotopic (exact) mass is 255 g/mol. The zero-order valence-corrected chi connectivity index (χ0v) is 11.6. The van der Waals surface area contributed by atoms with Gasteiger partial charge in [-0.25, -0.2) is 0 Å². The predicted octanol–water partition coefficient (Wildman–Crippen LogP) is 3.38. The highest BCUT2D eigenvalue weighted by Crippen LogP contribution is 2.24. The SMILES string of the molecule is Cc1cccc(COc2c(C)cccc2CCN)c1. The molecule has 0 amide bonds. The highest BCUT2D eigenvalue weighted by molar-refractivity contribution is 5.41. The van der Waals surface area contributed by atoms with Gasteiger partial charge in [0.15, 0.2) is 0 Å². The van der Waals surface area contributed by atoms with E-state index < -0.39 is 0 Å². The van der Waals surface area contributed by atoms with Crippen LogP contribution >= 0.6 is 0 Å². The number of para-hydroxylation sites is 1. The van der Waals surface area contributed by atoms with Crippen LogP contribution in [-0.2, 0) is 13.0 Å². The molecule has 0 bridgehead atoms. The van der Waals surface area contributed by atoms with E-state index in [9.17, 15) is 0 Å². The van der Waals surface area contributed by atoms with Gasteiger partial charge in [0.2, 0.25) is 0 Å². The van der Waals surface area contributed by atoms with Crippen LogP contribution in [0.4, 0.5) is 0 Å². The van der Waals surface area contributed by atoms with E-state index in [1.165, 1.54) is 22.3 Å². The molecule has 0 atom stereocenters. The minimum absolute atomic E-state index is 0.601. The normalized spacial score (nSPS) is 10.5. The lowest BCUT2D eigenvalue weighted by molar-refractivity contribution is 0.301. The first kappa shape index (κ1) is 13.6. The third kappa shape index (κ3) is 3.58. The number of ether oxygens (including phenoxy) is 1. The van der Waals surface area contributed by atoms with Gasteiger partial charge >= 0.3 is 0 Å². The van der Waals surface area contributed by atoms with Crippen molar-refractivity contribution in [3.8, 4) is 5.75 Å². The summed E-state index contributed by atoms with van der Waals surface area (Å²) >= 11 is 0. The number of aryl methyl sites for hydroxylation is 2. The summed E-state index contributed by atoms with van der Waals surface area (Å²) in [7, 11) is 0. The molecule has 0 aliphatic carbocycles.